The van der Waals surface area contributed by atoms with Crippen LogP contribution in [0.2, 0.25) is 0 Å². The highest BCUT2D eigenvalue weighted by Gasteiger charge is 2.19. The second-order valence-electron chi connectivity index (χ2n) is 5.00. The number of carbonyl (C=O) groups is 1. The number of thiocarbonyl (C=S) groups is 1. The van der Waals surface area contributed by atoms with Crippen molar-refractivity contribution in [2.45, 2.75) is 19.8 Å². The Kier molecular flexibility index (Phi) is 5.77. The van der Waals surface area contributed by atoms with Crippen molar-refractivity contribution in [1.29, 1.82) is 0 Å². The average Bonchev–Trinajstić information content (AvgIpc) is 2.52. The second kappa shape index (κ2) is 7.79. The summed E-state index contributed by atoms with van der Waals surface area (Å²) in [6, 6.07) is 7.89. The van der Waals surface area contributed by atoms with E-state index in [4.69, 9.17) is 21.7 Å². The first-order valence-electron chi connectivity index (χ1n) is 7.15. The lowest BCUT2D eigenvalue weighted by Gasteiger charge is -2.20. The van der Waals surface area contributed by atoms with Gasteiger partial charge in [-0.2, -0.15) is 0 Å². The number of esters is 1. The Hall–Kier alpha value is -2.08. The summed E-state index contributed by atoms with van der Waals surface area (Å²) in [6.45, 7) is 2.63. The van der Waals surface area contributed by atoms with Crippen LogP contribution in [-0.4, -0.2) is 31.3 Å². The van der Waals surface area contributed by atoms with E-state index in [1.165, 1.54) is 5.56 Å². The Bertz CT molecular complexity index is 582. The molecule has 0 atom stereocenters. The van der Waals surface area contributed by atoms with Crippen molar-refractivity contribution in [3.05, 3.63) is 41.1 Å². The van der Waals surface area contributed by atoms with Gasteiger partial charge in [0.1, 0.15) is 5.75 Å². The highest BCUT2D eigenvalue weighted by Crippen LogP contribution is 2.13. The SMILES string of the molecule is COc1ccc(CCCOC(=O)C2=C(C)NC(=S)NC2)cc1. The molecule has 118 valence electrons. The average molecular weight is 320 g/mol. The van der Waals surface area contributed by atoms with E-state index in [-0.39, 0.29) is 5.97 Å². The number of methoxy groups -OCH3 is 1. The molecule has 0 amide bonds. The van der Waals surface area contributed by atoms with Gasteiger partial charge in [-0.15, -0.1) is 0 Å². The monoisotopic (exact) mass is 320 g/mol. The highest BCUT2D eigenvalue weighted by atomic mass is 32.1. The molecule has 0 fully saturated rings. The van der Waals surface area contributed by atoms with Gasteiger partial charge >= 0.3 is 5.97 Å². The van der Waals surface area contributed by atoms with Crippen molar-refractivity contribution >= 4 is 23.3 Å². The molecule has 0 unspecified atom stereocenters. The predicted molar refractivity (Wildman–Crippen MR) is 88.7 cm³/mol. The Balaban J connectivity index is 1.75. The summed E-state index contributed by atoms with van der Waals surface area (Å²) in [7, 11) is 1.65. The fourth-order valence-corrected chi connectivity index (χ4v) is 2.36. The van der Waals surface area contributed by atoms with E-state index in [0.717, 1.165) is 24.3 Å². The second-order valence-corrected chi connectivity index (χ2v) is 5.41. The summed E-state index contributed by atoms with van der Waals surface area (Å²) in [5.41, 5.74) is 2.54. The van der Waals surface area contributed by atoms with E-state index in [0.29, 0.717) is 23.8 Å². The summed E-state index contributed by atoms with van der Waals surface area (Å²) in [6.07, 6.45) is 1.64. The molecule has 0 aliphatic carbocycles. The molecule has 1 aromatic carbocycles. The molecule has 6 heteroatoms. The van der Waals surface area contributed by atoms with Crippen molar-refractivity contribution in [3.63, 3.8) is 0 Å². The van der Waals surface area contributed by atoms with Crippen molar-refractivity contribution in [1.82, 2.24) is 10.6 Å². The van der Waals surface area contributed by atoms with Crippen LogP contribution in [-0.2, 0) is 16.0 Å². The zero-order valence-corrected chi connectivity index (χ0v) is 13.6. The summed E-state index contributed by atoms with van der Waals surface area (Å²) in [5.74, 6) is 0.544. The lowest BCUT2D eigenvalue weighted by atomic mass is 10.1. The molecule has 1 heterocycles. The largest absolute Gasteiger partial charge is 0.497 e. The standard InChI is InChI=1S/C16H20N2O3S/c1-11-14(10-17-16(22)18-11)15(19)21-9-3-4-12-5-7-13(20-2)8-6-12/h5-8H,3-4,9-10H2,1-2H3,(H2,17,18,22). The van der Waals surface area contributed by atoms with Crippen LogP contribution in [0.3, 0.4) is 0 Å². The number of nitrogens with one attached hydrogen (secondary N) is 2. The van der Waals surface area contributed by atoms with Crippen molar-refractivity contribution in [2.24, 2.45) is 0 Å². The summed E-state index contributed by atoms with van der Waals surface area (Å²) < 4.78 is 10.4. The molecule has 1 aliphatic rings. The van der Waals surface area contributed by atoms with Gasteiger partial charge in [0.2, 0.25) is 0 Å². The first-order valence-corrected chi connectivity index (χ1v) is 7.55. The van der Waals surface area contributed by atoms with Gasteiger partial charge in [-0.25, -0.2) is 4.79 Å². The zero-order valence-electron chi connectivity index (χ0n) is 12.8. The maximum Gasteiger partial charge on any atom is 0.337 e. The highest BCUT2D eigenvalue weighted by molar-refractivity contribution is 7.80. The van der Waals surface area contributed by atoms with Crippen LogP contribution in [0, 0.1) is 0 Å². The molecule has 0 saturated heterocycles. The lowest BCUT2D eigenvalue weighted by Crippen LogP contribution is -2.42. The number of hydrogen-bond donors (Lipinski definition) is 2. The van der Waals surface area contributed by atoms with Crippen LogP contribution < -0.4 is 15.4 Å². The van der Waals surface area contributed by atoms with Gasteiger partial charge in [0.15, 0.2) is 5.11 Å². The molecule has 0 aromatic heterocycles. The fourth-order valence-electron chi connectivity index (χ4n) is 2.14. The maximum absolute atomic E-state index is 12.0. The summed E-state index contributed by atoms with van der Waals surface area (Å²) in [4.78, 5) is 12.0. The maximum atomic E-state index is 12.0. The van der Waals surface area contributed by atoms with Gasteiger partial charge < -0.3 is 20.1 Å². The number of carbonyl (C=O) groups excluding carboxylic acids is 1. The van der Waals surface area contributed by atoms with E-state index < -0.39 is 0 Å². The molecule has 0 saturated carbocycles. The van der Waals surface area contributed by atoms with Crippen LogP contribution in [0.25, 0.3) is 0 Å². The Labute approximate surface area is 135 Å². The molecule has 1 aliphatic heterocycles. The van der Waals surface area contributed by atoms with Crippen LogP contribution in [0.5, 0.6) is 5.75 Å². The predicted octanol–water partition coefficient (Wildman–Crippen LogP) is 1.92. The fraction of sp³-hybridized carbons (Fsp3) is 0.375. The Morgan fingerprint density at radius 3 is 2.68 bits per heavy atom. The van der Waals surface area contributed by atoms with E-state index in [1.54, 1.807) is 7.11 Å². The molecule has 2 rings (SSSR count). The molecular formula is C16H20N2O3S. The molecule has 0 radical (unpaired) electrons. The molecule has 1 aromatic rings. The van der Waals surface area contributed by atoms with Gasteiger partial charge in [0, 0.05) is 5.70 Å². The first kappa shape index (κ1) is 16.3. The van der Waals surface area contributed by atoms with E-state index >= 15 is 0 Å². The summed E-state index contributed by atoms with van der Waals surface area (Å²) in [5, 5.41) is 6.38. The van der Waals surface area contributed by atoms with Crippen LogP contribution in [0.4, 0.5) is 0 Å². The number of hydrogen-bond acceptors (Lipinski definition) is 4. The minimum atomic E-state index is -0.297. The molecule has 5 nitrogen and oxygen atoms in total. The quantitative estimate of drug-likeness (QED) is 0.474. The van der Waals surface area contributed by atoms with Gasteiger partial charge in [0.05, 0.1) is 25.8 Å². The minimum absolute atomic E-state index is 0.297. The summed E-state index contributed by atoms with van der Waals surface area (Å²) >= 11 is 4.98. The number of benzene rings is 1. The van der Waals surface area contributed by atoms with Crippen molar-refractivity contribution in [2.75, 3.05) is 20.3 Å². The number of allylic oxidation sites excluding steroid dienone is 1. The van der Waals surface area contributed by atoms with E-state index in [1.807, 2.05) is 31.2 Å². The van der Waals surface area contributed by atoms with E-state index in [9.17, 15) is 4.79 Å². The van der Waals surface area contributed by atoms with Gasteiger partial charge in [-0.05, 0) is 49.7 Å². The topological polar surface area (TPSA) is 59.6 Å². The third-order valence-corrected chi connectivity index (χ3v) is 3.67. The zero-order chi connectivity index (χ0) is 15.9. The minimum Gasteiger partial charge on any atom is -0.497 e. The first-order chi connectivity index (χ1) is 10.6. The third kappa shape index (κ3) is 4.46. The number of rotatable bonds is 6. The van der Waals surface area contributed by atoms with Gasteiger partial charge in [0.25, 0.3) is 0 Å². The normalized spacial score (nSPS) is 14.2. The van der Waals surface area contributed by atoms with Crippen LogP contribution in [0.1, 0.15) is 18.9 Å². The molecule has 0 spiro atoms. The van der Waals surface area contributed by atoms with Crippen molar-refractivity contribution < 1.29 is 14.3 Å². The molecule has 0 bridgehead atoms. The molecular weight excluding hydrogens is 300 g/mol. The number of aryl methyl sites for hydroxylation is 1. The van der Waals surface area contributed by atoms with E-state index in [2.05, 4.69) is 10.6 Å². The smallest absolute Gasteiger partial charge is 0.337 e. The lowest BCUT2D eigenvalue weighted by molar-refractivity contribution is -0.139. The number of ether oxygens (including phenoxy) is 2. The Morgan fingerprint density at radius 1 is 1.32 bits per heavy atom. The van der Waals surface area contributed by atoms with Gasteiger partial charge in [-0.3, -0.25) is 0 Å². The van der Waals surface area contributed by atoms with Crippen molar-refractivity contribution in [3.8, 4) is 5.75 Å². The van der Waals surface area contributed by atoms with Crippen LogP contribution in [0.15, 0.2) is 35.5 Å². The van der Waals surface area contributed by atoms with Crippen LogP contribution >= 0.6 is 12.2 Å². The van der Waals surface area contributed by atoms with Gasteiger partial charge in [-0.1, -0.05) is 12.1 Å². The Morgan fingerprint density at radius 2 is 2.05 bits per heavy atom. The molecule has 2 N–H and O–H groups in total. The molecule has 22 heavy (non-hydrogen) atoms. The third-order valence-electron chi connectivity index (χ3n) is 3.43.